The van der Waals surface area contributed by atoms with Crippen LogP contribution in [0.3, 0.4) is 0 Å². The van der Waals surface area contributed by atoms with Crippen LogP contribution in [0, 0.1) is 5.82 Å². The third-order valence-corrected chi connectivity index (χ3v) is 5.22. The third kappa shape index (κ3) is 3.57. The number of pyridine rings is 1. The molecule has 2 aromatic carbocycles. The van der Waals surface area contributed by atoms with Gasteiger partial charge in [0.05, 0.1) is 11.1 Å². The van der Waals surface area contributed by atoms with E-state index in [0.29, 0.717) is 31.2 Å². The highest BCUT2D eigenvalue weighted by Crippen LogP contribution is 2.28. The highest BCUT2D eigenvalue weighted by Gasteiger charge is 2.25. The first-order valence-electron chi connectivity index (χ1n) is 8.56. The molecule has 3 aromatic rings. The van der Waals surface area contributed by atoms with Gasteiger partial charge in [0.25, 0.3) is 5.91 Å². The van der Waals surface area contributed by atoms with Gasteiger partial charge >= 0.3 is 0 Å². The van der Waals surface area contributed by atoms with Crippen molar-refractivity contribution in [2.45, 2.75) is 0 Å². The van der Waals surface area contributed by atoms with Gasteiger partial charge in [-0.3, -0.25) is 9.78 Å². The molecule has 0 radical (unpaired) electrons. The predicted molar refractivity (Wildman–Crippen MR) is 106 cm³/mol. The second-order valence-corrected chi connectivity index (χ2v) is 7.27. The normalized spacial score (nSPS) is 14.6. The van der Waals surface area contributed by atoms with Crippen LogP contribution in [-0.4, -0.2) is 42.0 Å². The summed E-state index contributed by atoms with van der Waals surface area (Å²) in [5.74, 6) is -0.901. The Labute approximate surface area is 166 Å². The Balaban J connectivity index is 1.52. The molecule has 1 aliphatic rings. The molecule has 0 atom stereocenters. The van der Waals surface area contributed by atoms with Crippen molar-refractivity contribution < 1.29 is 9.18 Å². The summed E-state index contributed by atoms with van der Waals surface area (Å²) in [7, 11) is 0. The number of piperazine rings is 1. The molecule has 1 amide bonds. The lowest BCUT2D eigenvalue weighted by molar-refractivity contribution is 0.0742. The SMILES string of the molecule is O=C(c1ccc(Cl)cc1F)N1CCN(c2ccnc3cc(Cl)ccc23)CC1. The first-order valence-corrected chi connectivity index (χ1v) is 9.32. The minimum atomic E-state index is -0.591. The summed E-state index contributed by atoms with van der Waals surface area (Å²) < 4.78 is 14.0. The Hall–Kier alpha value is -2.37. The molecule has 7 heteroatoms. The summed E-state index contributed by atoms with van der Waals surface area (Å²) in [5, 5.41) is 1.94. The summed E-state index contributed by atoms with van der Waals surface area (Å²) in [6.07, 6.45) is 1.76. The summed E-state index contributed by atoms with van der Waals surface area (Å²) in [4.78, 5) is 20.9. The van der Waals surface area contributed by atoms with Gasteiger partial charge < -0.3 is 9.80 Å². The molecule has 0 N–H and O–H groups in total. The van der Waals surface area contributed by atoms with Gasteiger partial charge in [-0.05, 0) is 42.5 Å². The summed E-state index contributed by atoms with van der Waals surface area (Å²) in [6.45, 7) is 2.34. The number of anilines is 1. The monoisotopic (exact) mass is 403 g/mol. The molecular formula is C20H16Cl2FN3O. The molecule has 1 aromatic heterocycles. The van der Waals surface area contributed by atoms with Crippen LogP contribution in [0.1, 0.15) is 10.4 Å². The quantitative estimate of drug-likeness (QED) is 0.624. The lowest BCUT2D eigenvalue weighted by Crippen LogP contribution is -2.49. The van der Waals surface area contributed by atoms with Gasteiger partial charge in [0.1, 0.15) is 5.82 Å². The molecule has 0 aliphatic carbocycles. The molecule has 2 heterocycles. The maximum Gasteiger partial charge on any atom is 0.256 e. The van der Waals surface area contributed by atoms with Crippen LogP contribution in [0.25, 0.3) is 10.9 Å². The van der Waals surface area contributed by atoms with Gasteiger partial charge in [-0.1, -0.05) is 23.2 Å². The topological polar surface area (TPSA) is 36.4 Å². The van der Waals surface area contributed by atoms with Crippen molar-refractivity contribution in [3.05, 3.63) is 70.1 Å². The molecule has 138 valence electrons. The van der Waals surface area contributed by atoms with E-state index in [4.69, 9.17) is 23.2 Å². The van der Waals surface area contributed by atoms with Crippen molar-refractivity contribution in [2.75, 3.05) is 31.1 Å². The van der Waals surface area contributed by atoms with E-state index in [1.54, 1.807) is 11.1 Å². The van der Waals surface area contributed by atoms with Crippen LogP contribution in [0.4, 0.5) is 10.1 Å². The fraction of sp³-hybridized carbons (Fsp3) is 0.200. The van der Waals surface area contributed by atoms with Gasteiger partial charge in [0.15, 0.2) is 0 Å². The number of carbonyl (C=O) groups is 1. The average molecular weight is 404 g/mol. The minimum Gasteiger partial charge on any atom is -0.367 e. The van der Waals surface area contributed by atoms with Gasteiger partial charge in [-0.2, -0.15) is 0 Å². The van der Waals surface area contributed by atoms with E-state index < -0.39 is 5.82 Å². The molecule has 1 fully saturated rings. The zero-order valence-corrected chi connectivity index (χ0v) is 15.8. The van der Waals surface area contributed by atoms with E-state index in [9.17, 15) is 9.18 Å². The van der Waals surface area contributed by atoms with E-state index in [0.717, 1.165) is 16.6 Å². The molecule has 0 spiro atoms. The average Bonchev–Trinajstić information content (AvgIpc) is 2.67. The van der Waals surface area contributed by atoms with Crippen LogP contribution in [0.5, 0.6) is 0 Å². The number of hydrogen-bond donors (Lipinski definition) is 0. The van der Waals surface area contributed by atoms with Crippen LogP contribution in [0.15, 0.2) is 48.7 Å². The summed E-state index contributed by atoms with van der Waals surface area (Å²) >= 11 is 11.8. The van der Waals surface area contributed by atoms with E-state index in [-0.39, 0.29) is 16.5 Å². The molecule has 4 nitrogen and oxygen atoms in total. The number of amides is 1. The molecule has 1 saturated heterocycles. The lowest BCUT2D eigenvalue weighted by Gasteiger charge is -2.36. The standard InChI is InChI=1S/C20H16Cl2FN3O/c21-13-1-3-15(17(23)11-13)20(27)26-9-7-25(8-10-26)19-5-6-24-18-12-14(22)2-4-16(18)19/h1-6,11-12H,7-10H2. The van der Waals surface area contributed by atoms with E-state index in [1.165, 1.54) is 18.2 Å². The minimum absolute atomic E-state index is 0.0526. The van der Waals surface area contributed by atoms with Gasteiger partial charge in [0.2, 0.25) is 0 Å². The van der Waals surface area contributed by atoms with Crippen molar-refractivity contribution in [3.63, 3.8) is 0 Å². The number of nitrogens with zero attached hydrogens (tertiary/aromatic N) is 3. The van der Waals surface area contributed by atoms with Gasteiger partial charge in [-0.15, -0.1) is 0 Å². The van der Waals surface area contributed by atoms with Crippen LogP contribution in [0.2, 0.25) is 10.0 Å². The van der Waals surface area contributed by atoms with Crippen LogP contribution < -0.4 is 4.90 Å². The number of fused-ring (bicyclic) bond motifs is 1. The Morgan fingerprint density at radius 2 is 1.67 bits per heavy atom. The Morgan fingerprint density at radius 1 is 0.963 bits per heavy atom. The van der Waals surface area contributed by atoms with E-state index in [2.05, 4.69) is 9.88 Å². The molecule has 27 heavy (non-hydrogen) atoms. The third-order valence-electron chi connectivity index (χ3n) is 4.75. The number of carbonyl (C=O) groups excluding carboxylic acids is 1. The Kier molecular flexibility index (Phi) is 4.89. The van der Waals surface area contributed by atoms with E-state index in [1.807, 2.05) is 24.3 Å². The molecular weight excluding hydrogens is 388 g/mol. The molecule has 4 rings (SSSR count). The van der Waals surface area contributed by atoms with Crippen molar-refractivity contribution >= 4 is 45.7 Å². The first-order chi connectivity index (χ1) is 13.0. The number of benzene rings is 2. The Bertz CT molecular complexity index is 1020. The lowest BCUT2D eigenvalue weighted by atomic mass is 10.1. The highest BCUT2D eigenvalue weighted by molar-refractivity contribution is 6.31. The fourth-order valence-corrected chi connectivity index (χ4v) is 3.69. The molecule has 0 bridgehead atoms. The van der Waals surface area contributed by atoms with Gasteiger partial charge in [0, 0.05) is 53.5 Å². The maximum atomic E-state index is 14.0. The molecule has 0 saturated carbocycles. The van der Waals surface area contributed by atoms with Gasteiger partial charge in [-0.25, -0.2) is 4.39 Å². The predicted octanol–water partition coefficient (Wildman–Crippen LogP) is 4.64. The molecule has 1 aliphatic heterocycles. The Morgan fingerprint density at radius 3 is 2.41 bits per heavy atom. The number of hydrogen-bond acceptors (Lipinski definition) is 3. The number of aromatic nitrogens is 1. The highest BCUT2D eigenvalue weighted by atomic mass is 35.5. The smallest absolute Gasteiger partial charge is 0.256 e. The molecule has 0 unspecified atom stereocenters. The fourth-order valence-electron chi connectivity index (χ4n) is 3.37. The number of halogens is 3. The summed E-state index contributed by atoms with van der Waals surface area (Å²) in [6, 6.07) is 11.7. The zero-order chi connectivity index (χ0) is 19.0. The second-order valence-electron chi connectivity index (χ2n) is 6.39. The zero-order valence-electron chi connectivity index (χ0n) is 14.3. The summed E-state index contributed by atoms with van der Waals surface area (Å²) in [5.41, 5.74) is 1.94. The largest absolute Gasteiger partial charge is 0.367 e. The van der Waals surface area contributed by atoms with Crippen molar-refractivity contribution in [1.82, 2.24) is 9.88 Å². The van der Waals surface area contributed by atoms with Crippen molar-refractivity contribution in [3.8, 4) is 0 Å². The second kappa shape index (κ2) is 7.33. The first kappa shape index (κ1) is 18.0. The van der Waals surface area contributed by atoms with Crippen molar-refractivity contribution in [2.24, 2.45) is 0 Å². The van der Waals surface area contributed by atoms with Crippen LogP contribution >= 0.6 is 23.2 Å². The number of rotatable bonds is 2. The van der Waals surface area contributed by atoms with Crippen LogP contribution in [-0.2, 0) is 0 Å². The maximum absolute atomic E-state index is 14.0. The van der Waals surface area contributed by atoms with Crippen molar-refractivity contribution in [1.29, 1.82) is 0 Å². The van der Waals surface area contributed by atoms with E-state index >= 15 is 0 Å².